The molecule has 0 saturated carbocycles. The molecule has 7 nitrogen and oxygen atoms in total. The highest BCUT2D eigenvalue weighted by Gasteiger charge is 2.34. The third-order valence-electron chi connectivity index (χ3n) is 4.60. The summed E-state index contributed by atoms with van der Waals surface area (Å²) in [6.07, 6.45) is 4.85. The van der Waals surface area contributed by atoms with Crippen molar-refractivity contribution >= 4 is 11.8 Å². The minimum atomic E-state index is -0.257. The number of hydrogen-bond acceptors (Lipinski definition) is 6. The first kappa shape index (κ1) is 23.5. The normalized spacial score (nSPS) is 13.3. The second kappa shape index (κ2) is 14.2. The van der Waals surface area contributed by atoms with Crippen molar-refractivity contribution in [3.05, 3.63) is 35.4 Å². The topological polar surface area (TPSA) is 74.3 Å². The van der Waals surface area contributed by atoms with E-state index in [2.05, 4.69) is 6.92 Å². The van der Waals surface area contributed by atoms with E-state index in [1.54, 1.807) is 24.3 Å². The maximum absolute atomic E-state index is 12.2. The van der Waals surface area contributed by atoms with Crippen molar-refractivity contribution in [1.29, 1.82) is 0 Å². The zero-order chi connectivity index (χ0) is 20.7. The lowest BCUT2D eigenvalue weighted by atomic mass is 10.1. The van der Waals surface area contributed by atoms with Crippen LogP contribution in [0.3, 0.4) is 0 Å². The number of nitrogens with zero attached hydrogens (tertiary/aromatic N) is 1. The molecule has 2 amide bonds. The monoisotopic (exact) mass is 407 g/mol. The third-order valence-corrected chi connectivity index (χ3v) is 4.60. The van der Waals surface area contributed by atoms with E-state index < -0.39 is 0 Å². The van der Waals surface area contributed by atoms with Gasteiger partial charge in [-0.1, -0.05) is 38.3 Å². The Morgan fingerprint density at radius 3 is 1.66 bits per heavy atom. The zero-order valence-corrected chi connectivity index (χ0v) is 17.4. The van der Waals surface area contributed by atoms with E-state index >= 15 is 0 Å². The van der Waals surface area contributed by atoms with E-state index in [-0.39, 0.29) is 18.4 Å². The second-order valence-electron chi connectivity index (χ2n) is 6.82. The van der Waals surface area contributed by atoms with E-state index in [0.29, 0.717) is 57.4 Å². The van der Waals surface area contributed by atoms with Crippen LogP contribution in [0.1, 0.15) is 53.3 Å². The Morgan fingerprint density at radius 1 is 0.655 bits per heavy atom. The summed E-state index contributed by atoms with van der Waals surface area (Å²) in [7, 11) is 0. The van der Waals surface area contributed by atoms with Crippen molar-refractivity contribution in [2.24, 2.45) is 0 Å². The molecule has 7 heteroatoms. The van der Waals surface area contributed by atoms with Gasteiger partial charge >= 0.3 is 0 Å². The van der Waals surface area contributed by atoms with E-state index in [1.165, 1.54) is 24.2 Å². The lowest BCUT2D eigenvalue weighted by Gasteiger charge is -2.13. The van der Waals surface area contributed by atoms with Crippen molar-refractivity contribution in [2.75, 3.05) is 59.4 Å². The first-order chi connectivity index (χ1) is 14.3. The van der Waals surface area contributed by atoms with Crippen LogP contribution in [0.2, 0.25) is 0 Å². The molecular weight excluding hydrogens is 374 g/mol. The van der Waals surface area contributed by atoms with Gasteiger partial charge in [0.2, 0.25) is 0 Å². The molecule has 0 saturated heterocycles. The lowest BCUT2D eigenvalue weighted by Crippen LogP contribution is -2.33. The van der Waals surface area contributed by atoms with Gasteiger partial charge in [0.1, 0.15) is 0 Å². The number of fused-ring (bicyclic) bond motifs is 1. The minimum Gasteiger partial charge on any atom is -0.379 e. The first-order valence-electron chi connectivity index (χ1n) is 10.5. The molecular formula is C22H33NO6. The maximum Gasteiger partial charge on any atom is 0.261 e. The molecule has 1 heterocycles. The van der Waals surface area contributed by atoms with E-state index in [0.717, 1.165) is 13.0 Å². The van der Waals surface area contributed by atoms with Gasteiger partial charge < -0.3 is 18.9 Å². The number of hydrogen-bond donors (Lipinski definition) is 0. The molecule has 0 bridgehead atoms. The minimum absolute atomic E-state index is 0.244. The second-order valence-corrected chi connectivity index (χ2v) is 6.82. The molecule has 0 unspecified atom stereocenters. The standard InChI is InChI=1S/C22H33NO6/c1-2-3-4-7-11-26-13-15-28-17-18-29-16-14-27-12-10-23-21(24)19-8-5-6-9-20(19)22(23)25/h5-6,8-9H,2-4,7,10-18H2,1H3. The van der Waals surface area contributed by atoms with Crippen molar-refractivity contribution in [3.63, 3.8) is 0 Å². The zero-order valence-electron chi connectivity index (χ0n) is 17.4. The van der Waals surface area contributed by atoms with Crippen LogP contribution in [0, 0.1) is 0 Å². The van der Waals surface area contributed by atoms with Crippen LogP contribution in [-0.2, 0) is 18.9 Å². The summed E-state index contributed by atoms with van der Waals surface area (Å²) in [4.78, 5) is 25.6. The highest BCUT2D eigenvalue weighted by Crippen LogP contribution is 2.21. The van der Waals surface area contributed by atoms with Crippen molar-refractivity contribution in [1.82, 2.24) is 4.90 Å². The maximum atomic E-state index is 12.2. The largest absolute Gasteiger partial charge is 0.379 e. The summed E-state index contributed by atoms with van der Waals surface area (Å²) in [6, 6.07) is 6.86. The van der Waals surface area contributed by atoms with Crippen LogP contribution in [0.4, 0.5) is 0 Å². The summed E-state index contributed by atoms with van der Waals surface area (Å²) in [6.45, 7) is 6.60. The fraction of sp³-hybridized carbons (Fsp3) is 0.636. The van der Waals surface area contributed by atoms with Crippen LogP contribution < -0.4 is 0 Å². The Bertz CT molecular complexity index is 586. The Labute approximate surface area is 173 Å². The molecule has 162 valence electrons. The summed E-state index contributed by atoms with van der Waals surface area (Å²) < 4.78 is 21.8. The molecule has 0 fully saturated rings. The fourth-order valence-electron chi connectivity index (χ4n) is 2.99. The smallest absolute Gasteiger partial charge is 0.261 e. The molecule has 0 spiro atoms. The molecule has 2 rings (SSSR count). The van der Waals surface area contributed by atoms with Gasteiger partial charge in [-0.15, -0.1) is 0 Å². The Balaban J connectivity index is 1.37. The van der Waals surface area contributed by atoms with Crippen LogP contribution in [0.15, 0.2) is 24.3 Å². The van der Waals surface area contributed by atoms with Gasteiger partial charge in [-0.3, -0.25) is 14.5 Å². The van der Waals surface area contributed by atoms with Gasteiger partial charge in [0, 0.05) is 6.61 Å². The fourth-order valence-corrected chi connectivity index (χ4v) is 2.99. The average molecular weight is 408 g/mol. The Kier molecular flexibility index (Phi) is 11.5. The number of amides is 2. The molecule has 0 radical (unpaired) electrons. The number of rotatable bonds is 17. The van der Waals surface area contributed by atoms with Gasteiger partial charge in [-0.2, -0.15) is 0 Å². The summed E-state index contributed by atoms with van der Waals surface area (Å²) >= 11 is 0. The molecule has 0 atom stereocenters. The van der Waals surface area contributed by atoms with Crippen LogP contribution >= 0.6 is 0 Å². The van der Waals surface area contributed by atoms with Crippen LogP contribution in [0.25, 0.3) is 0 Å². The van der Waals surface area contributed by atoms with Gasteiger partial charge in [0.25, 0.3) is 11.8 Å². The Hall–Kier alpha value is -1.80. The SMILES string of the molecule is CCCCCCOCCOCCOCCOCCN1C(=O)c2ccccc2C1=O. The number of imide groups is 1. The molecule has 1 aliphatic heterocycles. The van der Waals surface area contributed by atoms with Gasteiger partial charge in [-0.05, 0) is 18.6 Å². The number of benzene rings is 1. The van der Waals surface area contributed by atoms with Gasteiger partial charge in [0.05, 0.1) is 63.9 Å². The van der Waals surface area contributed by atoms with Crippen molar-refractivity contribution in [3.8, 4) is 0 Å². The first-order valence-corrected chi connectivity index (χ1v) is 10.5. The highest BCUT2D eigenvalue weighted by atomic mass is 16.6. The number of carbonyl (C=O) groups is 2. The van der Waals surface area contributed by atoms with E-state index in [1.807, 2.05) is 0 Å². The average Bonchev–Trinajstić information content (AvgIpc) is 2.98. The summed E-state index contributed by atoms with van der Waals surface area (Å²) in [5, 5.41) is 0. The summed E-state index contributed by atoms with van der Waals surface area (Å²) in [5.74, 6) is -0.514. The predicted octanol–water partition coefficient (Wildman–Crippen LogP) is 2.93. The van der Waals surface area contributed by atoms with Crippen LogP contribution in [0.5, 0.6) is 0 Å². The summed E-state index contributed by atoms with van der Waals surface area (Å²) in [5.41, 5.74) is 0.922. The molecule has 0 aromatic heterocycles. The van der Waals surface area contributed by atoms with E-state index in [9.17, 15) is 9.59 Å². The number of ether oxygens (including phenoxy) is 4. The predicted molar refractivity (Wildman–Crippen MR) is 109 cm³/mol. The van der Waals surface area contributed by atoms with Gasteiger partial charge in [-0.25, -0.2) is 0 Å². The quantitative estimate of drug-likeness (QED) is 0.292. The third kappa shape index (κ3) is 8.22. The van der Waals surface area contributed by atoms with E-state index in [4.69, 9.17) is 18.9 Å². The molecule has 0 N–H and O–H groups in total. The lowest BCUT2D eigenvalue weighted by molar-refractivity contribution is -0.00353. The molecule has 1 aromatic carbocycles. The molecule has 1 aromatic rings. The molecule has 0 aliphatic carbocycles. The molecule has 29 heavy (non-hydrogen) atoms. The number of carbonyl (C=O) groups excluding carboxylic acids is 2. The molecule has 1 aliphatic rings. The van der Waals surface area contributed by atoms with Crippen molar-refractivity contribution < 1.29 is 28.5 Å². The Morgan fingerprint density at radius 2 is 1.14 bits per heavy atom. The highest BCUT2D eigenvalue weighted by molar-refractivity contribution is 6.21. The van der Waals surface area contributed by atoms with Crippen molar-refractivity contribution in [2.45, 2.75) is 32.6 Å². The van der Waals surface area contributed by atoms with Gasteiger partial charge in [0.15, 0.2) is 0 Å². The van der Waals surface area contributed by atoms with Crippen LogP contribution in [-0.4, -0.2) is 76.1 Å². The number of unbranched alkanes of at least 4 members (excludes halogenated alkanes) is 3.